The summed E-state index contributed by atoms with van der Waals surface area (Å²) in [5.74, 6) is 0.318. The van der Waals surface area contributed by atoms with Crippen molar-refractivity contribution in [1.29, 1.82) is 0 Å². The molecule has 0 radical (unpaired) electrons. The summed E-state index contributed by atoms with van der Waals surface area (Å²) in [6.45, 7) is -2.27. The number of benzene rings is 1. The first-order valence-electron chi connectivity index (χ1n) is 4.96. The van der Waals surface area contributed by atoms with Gasteiger partial charge in [0, 0.05) is 21.7 Å². The SMILES string of the molecule is FC(F)n1ccnc1CNc1ccc(I)cc1. The van der Waals surface area contributed by atoms with Gasteiger partial charge in [-0.1, -0.05) is 0 Å². The Bertz CT molecular complexity index is 482. The minimum absolute atomic E-state index is 0.276. The summed E-state index contributed by atoms with van der Waals surface area (Å²) in [5.41, 5.74) is 0.884. The lowest BCUT2D eigenvalue weighted by molar-refractivity contribution is 0.0673. The molecule has 0 saturated carbocycles. The predicted octanol–water partition coefficient (Wildman–Crippen LogP) is 3.49. The van der Waals surface area contributed by atoms with E-state index in [9.17, 15) is 8.78 Å². The number of hydrogen-bond acceptors (Lipinski definition) is 2. The molecule has 0 aliphatic carbocycles. The van der Waals surface area contributed by atoms with E-state index in [0.717, 1.165) is 13.8 Å². The van der Waals surface area contributed by atoms with Crippen molar-refractivity contribution >= 4 is 28.3 Å². The molecule has 1 heterocycles. The first-order valence-corrected chi connectivity index (χ1v) is 6.04. The molecule has 1 aromatic carbocycles. The van der Waals surface area contributed by atoms with Gasteiger partial charge in [-0.2, -0.15) is 8.78 Å². The Kier molecular flexibility index (Phi) is 3.93. The van der Waals surface area contributed by atoms with E-state index in [4.69, 9.17) is 0 Å². The van der Waals surface area contributed by atoms with Crippen molar-refractivity contribution in [2.24, 2.45) is 0 Å². The van der Waals surface area contributed by atoms with E-state index < -0.39 is 6.55 Å². The lowest BCUT2D eigenvalue weighted by Gasteiger charge is -2.08. The third-order valence-electron chi connectivity index (χ3n) is 2.25. The Morgan fingerprint density at radius 3 is 2.65 bits per heavy atom. The molecule has 0 fully saturated rings. The minimum Gasteiger partial charge on any atom is -0.378 e. The molecule has 17 heavy (non-hydrogen) atoms. The number of hydrogen-bond donors (Lipinski definition) is 1. The summed E-state index contributed by atoms with van der Waals surface area (Å²) in [4.78, 5) is 3.89. The summed E-state index contributed by atoms with van der Waals surface area (Å²) < 4.78 is 27.0. The molecule has 3 nitrogen and oxygen atoms in total. The zero-order valence-electron chi connectivity index (χ0n) is 8.78. The Morgan fingerprint density at radius 2 is 2.00 bits per heavy atom. The third kappa shape index (κ3) is 3.15. The maximum absolute atomic E-state index is 12.5. The average Bonchev–Trinajstić information content (AvgIpc) is 2.76. The van der Waals surface area contributed by atoms with Gasteiger partial charge in [-0.25, -0.2) is 4.98 Å². The second-order valence-electron chi connectivity index (χ2n) is 3.39. The van der Waals surface area contributed by atoms with Crippen LogP contribution in [0.25, 0.3) is 0 Å². The average molecular weight is 349 g/mol. The third-order valence-corrected chi connectivity index (χ3v) is 2.97. The highest BCUT2D eigenvalue weighted by Gasteiger charge is 2.10. The summed E-state index contributed by atoms with van der Waals surface area (Å²) >= 11 is 2.21. The fourth-order valence-corrected chi connectivity index (χ4v) is 1.77. The van der Waals surface area contributed by atoms with Crippen molar-refractivity contribution in [3.8, 4) is 0 Å². The molecule has 0 amide bonds. The molecule has 0 aliphatic heterocycles. The lowest BCUT2D eigenvalue weighted by atomic mass is 10.3. The number of alkyl halides is 2. The molecule has 90 valence electrons. The van der Waals surface area contributed by atoms with Gasteiger partial charge in [-0.15, -0.1) is 0 Å². The molecular formula is C11H10F2IN3. The van der Waals surface area contributed by atoms with Crippen molar-refractivity contribution in [2.75, 3.05) is 5.32 Å². The quantitative estimate of drug-likeness (QED) is 0.857. The van der Waals surface area contributed by atoms with E-state index in [1.54, 1.807) is 0 Å². The van der Waals surface area contributed by atoms with Gasteiger partial charge < -0.3 is 5.32 Å². The first-order chi connectivity index (χ1) is 8.16. The molecule has 0 atom stereocenters. The van der Waals surface area contributed by atoms with Crippen LogP contribution >= 0.6 is 22.6 Å². The molecule has 0 aliphatic rings. The van der Waals surface area contributed by atoms with Crippen molar-refractivity contribution < 1.29 is 8.78 Å². The molecule has 0 unspecified atom stereocenters. The number of aromatic nitrogens is 2. The van der Waals surface area contributed by atoms with E-state index >= 15 is 0 Å². The maximum atomic E-state index is 12.5. The molecule has 6 heteroatoms. The molecule has 0 saturated heterocycles. The number of imidazole rings is 1. The fourth-order valence-electron chi connectivity index (χ4n) is 1.41. The second kappa shape index (κ2) is 5.44. The monoisotopic (exact) mass is 349 g/mol. The van der Waals surface area contributed by atoms with Crippen LogP contribution in [0.5, 0.6) is 0 Å². The van der Waals surface area contributed by atoms with Crippen LogP contribution in [0.15, 0.2) is 36.7 Å². The zero-order valence-corrected chi connectivity index (χ0v) is 10.9. The number of anilines is 1. The van der Waals surface area contributed by atoms with E-state index in [0.29, 0.717) is 5.82 Å². The summed E-state index contributed by atoms with van der Waals surface area (Å²) in [5, 5.41) is 3.05. The van der Waals surface area contributed by atoms with Crippen molar-refractivity contribution in [2.45, 2.75) is 13.1 Å². The largest absolute Gasteiger partial charge is 0.378 e. The molecule has 0 bridgehead atoms. The Hall–Kier alpha value is -1.18. The minimum atomic E-state index is -2.55. The van der Waals surface area contributed by atoms with Crippen molar-refractivity contribution in [1.82, 2.24) is 9.55 Å². The van der Waals surface area contributed by atoms with Crippen LogP contribution in [0.4, 0.5) is 14.5 Å². The van der Waals surface area contributed by atoms with Crippen LogP contribution in [-0.2, 0) is 6.54 Å². The molecule has 2 rings (SSSR count). The van der Waals surface area contributed by atoms with Gasteiger partial charge in [-0.05, 0) is 46.9 Å². The molecule has 2 aromatic rings. The Labute approximate surface area is 111 Å². The number of rotatable bonds is 4. The highest BCUT2D eigenvalue weighted by molar-refractivity contribution is 14.1. The first kappa shape index (κ1) is 12.3. The smallest absolute Gasteiger partial charge is 0.319 e. The van der Waals surface area contributed by atoms with Crippen LogP contribution in [0.1, 0.15) is 12.4 Å². The summed E-state index contributed by atoms with van der Waals surface area (Å²) in [6.07, 6.45) is 2.65. The van der Waals surface area contributed by atoms with Gasteiger partial charge in [-0.3, -0.25) is 4.57 Å². The van der Waals surface area contributed by atoms with Crippen LogP contribution < -0.4 is 5.32 Å². The summed E-state index contributed by atoms with van der Waals surface area (Å²) in [7, 11) is 0. The number of halogens is 3. The second-order valence-corrected chi connectivity index (χ2v) is 4.63. The van der Waals surface area contributed by atoms with E-state index in [-0.39, 0.29) is 6.54 Å². The topological polar surface area (TPSA) is 29.9 Å². The highest BCUT2D eigenvalue weighted by atomic mass is 127. The van der Waals surface area contributed by atoms with Crippen LogP contribution in [0.2, 0.25) is 0 Å². The van der Waals surface area contributed by atoms with E-state index in [2.05, 4.69) is 32.9 Å². The Morgan fingerprint density at radius 1 is 1.29 bits per heavy atom. The van der Waals surface area contributed by atoms with Gasteiger partial charge in [0.25, 0.3) is 0 Å². The normalized spacial score (nSPS) is 10.8. The van der Waals surface area contributed by atoms with E-state index in [1.807, 2.05) is 24.3 Å². The highest BCUT2D eigenvalue weighted by Crippen LogP contribution is 2.15. The molecule has 0 spiro atoms. The van der Waals surface area contributed by atoms with Gasteiger partial charge in [0.15, 0.2) is 0 Å². The van der Waals surface area contributed by atoms with E-state index in [1.165, 1.54) is 12.4 Å². The predicted molar refractivity (Wildman–Crippen MR) is 70.0 cm³/mol. The lowest BCUT2D eigenvalue weighted by Crippen LogP contribution is -2.08. The van der Waals surface area contributed by atoms with Crippen LogP contribution in [0, 0.1) is 3.57 Å². The fraction of sp³-hybridized carbons (Fsp3) is 0.182. The van der Waals surface area contributed by atoms with Crippen molar-refractivity contribution in [3.63, 3.8) is 0 Å². The molecule has 1 N–H and O–H groups in total. The molecule has 1 aromatic heterocycles. The zero-order chi connectivity index (χ0) is 12.3. The van der Waals surface area contributed by atoms with Gasteiger partial charge in [0.2, 0.25) is 0 Å². The van der Waals surface area contributed by atoms with Gasteiger partial charge in [0.05, 0.1) is 6.54 Å². The summed E-state index contributed by atoms with van der Waals surface area (Å²) in [6, 6.07) is 7.69. The standard InChI is InChI=1S/C11H10F2IN3/c12-11(13)17-6-5-15-10(17)7-16-9-3-1-8(14)2-4-9/h1-6,11,16H,7H2. The van der Waals surface area contributed by atoms with Gasteiger partial charge >= 0.3 is 6.55 Å². The Balaban J connectivity index is 2.02. The van der Waals surface area contributed by atoms with Crippen molar-refractivity contribution in [3.05, 3.63) is 46.1 Å². The number of nitrogens with one attached hydrogen (secondary N) is 1. The van der Waals surface area contributed by atoms with Crippen LogP contribution in [0.3, 0.4) is 0 Å². The van der Waals surface area contributed by atoms with Gasteiger partial charge in [0.1, 0.15) is 5.82 Å². The number of nitrogens with zero attached hydrogens (tertiary/aromatic N) is 2. The van der Waals surface area contributed by atoms with Crippen LogP contribution in [-0.4, -0.2) is 9.55 Å². The maximum Gasteiger partial charge on any atom is 0.319 e. The molecular weight excluding hydrogens is 339 g/mol.